The number of H-pyrrole nitrogens is 1. The zero-order chi connectivity index (χ0) is 20.4. The number of nitrogens with one attached hydrogen (secondary N) is 1. The number of imide groups is 1. The molecule has 2 aromatic rings. The third-order valence-corrected chi connectivity index (χ3v) is 5.27. The van der Waals surface area contributed by atoms with Crippen molar-refractivity contribution in [2.24, 2.45) is 0 Å². The Labute approximate surface area is 169 Å². The van der Waals surface area contributed by atoms with E-state index in [1.54, 1.807) is 6.07 Å². The lowest BCUT2D eigenvalue weighted by Gasteiger charge is -2.26. The summed E-state index contributed by atoms with van der Waals surface area (Å²) in [6.07, 6.45) is 1.17. The van der Waals surface area contributed by atoms with Crippen molar-refractivity contribution in [3.05, 3.63) is 52.8 Å². The Hall–Kier alpha value is -2.90. The van der Waals surface area contributed by atoms with Gasteiger partial charge in [0, 0.05) is 36.6 Å². The third-order valence-electron chi connectivity index (χ3n) is 5.27. The Morgan fingerprint density at radius 2 is 2.00 bits per heavy atom. The van der Waals surface area contributed by atoms with Crippen LogP contribution in [0, 0.1) is 13.8 Å². The number of carbonyl (C=O) groups is 2. The lowest BCUT2D eigenvalue weighted by Crippen LogP contribution is -2.40. The number of ether oxygens (including phenoxy) is 2. The van der Waals surface area contributed by atoms with E-state index in [-0.39, 0.29) is 12.5 Å². The van der Waals surface area contributed by atoms with Gasteiger partial charge in [0.2, 0.25) is 0 Å². The normalized spacial score (nSPS) is 18.3. The number of aromatic amines is 1. The third kappa shape index (κ3) is 3.97. The summed E-state index contributed by atoms with van der Waals surface area (Å²) in [5.74, 6) is -0.366. The summed E-state index contributed by atoms with van der Waals surface area (Å²) in [5, 5.41) is 0. The quantitative estimate of drug-likeness (QED) is 0.806. The first-order valence-electron chi connectivity index (χ1n) is 9.83. The summed E-state index contributed by atoms with van der Waals surface area (Å²) in [4.78, 5) is 32.4. The van der Waals surface area contributed by atoms with Crippen LogP contribution in [-0.2, 0) is 14.3 Å². The molecule has 2 aliphatic rings. The topological polar surface area (TPSA) is 74.9 Å². The van der Waals surface area contributed by atoms with Crippen molar-refractivity contribution in [3.8, 4) is 0 Å². The molecule has 0 radical (unpaired) electrons. The molecule has 0 bridgehead atoms. The van der Waals surface area contributed by atoms with E-state index in [1.165, 1.54) is 0 Å². The molecule has 2 aliphatic heterocycles. The van der Waals surface area contributed by atoms with Gasteiger partial charge in [-0.25, -0.2) is 9.69 Å². The maximum atomic E-state index is 13.1. The molecular weight excluding hydrogens is 370 g/mol. The maximum absolute atomic E-state index is 13.1. The first-order chi connectivity index (χ1) is 14.0. The number of morpholine rings is 1. The van der Waals surface area contributed by atoms with Gasteiger partial charge < -0.3 is 14.5 Å². The van der Waals surface area contributed by atoms with Gasteiger partial charge >= 0.3 is 6.09 Å². The van der Waals surface area contributed by atoms with Crippen LogP contribution in [0.3, 0.4) is 0 Å². The van der Waals surface area contributed by atoms with Crippen LogP contribution in [-0.4, -0.2) is 61.3 Å². The van der Waals surface area contributed by atoms with Gasteiger partial charge in [-0.3, -0.25) is 9.69 Å². The number of anilines is 1. The number of nitrogens with zero attached hydrogens (tertiary/aromatic N) is 2. The van der Waals surface area contributed by atoms with Gasteiger partial charge in [0.25, 0.3) is 5.91 Å². The smallest absolute Gasteiger partial charge is 0.421 e. The van der Waals surface area contributed by atoms with Crippen LogP contribution >= 0.6 is 0 Å². The Kier molecular flexibility index (Phi) is 5.51. The number of hydrogen-bond donors (Lipinski definition) is 1. The molecule has 29 heavy (non-hydrogen) atoms. The molecule has 0 unspecified atom stereocenters. The molecule has 0 atom stereocenters. The molecule has 1 fully saturated rings. The van der Waals surface area contributed by atoms with Crippen molar-refractivity contribution in [2.45, 2.75) is 13.8 Å². The van der Waals surface area contributed by atoms with Crippen LogP contribution in [0.15, 0.2) is 30.3 Å². The van der Waals surface area contributed by atoms with E-state index in [4.69, 9.17) is 9.47 Å². The van der Waals surface area contributed by atoms with Crippen molar-refractivity contribution >= 4 is 29.3 Å². The fraction of sp³-hybridized carbons (Fsp3) is 0.364. The van der Waals surface area contributed by atoms with E-state index in [1.807, 2.05) is 44.2 Å². The van der Waals surface area contributed by atoms with Crippen molar-refractivity contribution in [3.63, 3.8) is 0 Å². The summed E-state index contributed by atoms with van der Waals surface area (Å²) >= 11 is 0. The molecular formula is C22H25N3O4. The second-order valence-electron chi connectivity index (χ2n) is 7.33. The molecule has 1 saturated heterocycles. The highest BCUT2D eigenvalue weighted by atomic mass is 16.6. The van der Waals surface area contributed by atoms with Gasteiger partial charge in [0.05, 0.1) is 24.5 Å². The lowest BCUT2D eigenvalue weighted by molar-refractivity contribution is -0.112. The molecule has 4 rings (SSSR count). The average molecular weight is 395 g/mol. The van der Waals surface area contributed by atoms with Crippen LogP contribution in [0.25, 0.3) is 11.6 Å². The van der Waals surface area contributed by atoms with E-state index in [9.17, 15) is 9.59 Å². The van der Waals surface area contributed by atoms with E-state index in [0.717, 1.165) is 40.5 Å². The fourth-order valence-electron chi connectivity index (χ4n) is 3.76. The molecule has 0 aliphatic carbocycles. The molecule has 1 aromatic carbocycles. The number of carbonyl (C=O) groups excluding carboxylic acids is 2. The molecule has 152 valence electrons. The standard InChI is InChI=1S/C22H25N3O4/c1-15-13-16(2)23-19(15)14-18-17-5-3-4-6-20(17)25(21(18)26)22(27)29-12-9-24-7-10-28-11-8-24/h3-6,13-14,23H,7-12H2,1-2H3/b18-14-. The highest BCUT2D eigenvalue weighted by Gasteiger charge is 2.37. The van der Waals surface area contributed by atoms with Crippen LogP contribution in [0.1, 0.15) is 22.5 Å². The maximum Gasteiger partial charge on any atom is 0.421 e. The highest BCUT2D eigenvalue weighted by Crippen LogP contribution is 2.38. The Morgan fingerprint density at radius 3 is 2.72 bits per heavy atom. The van der Waals surface area contributed by atoms with E-state index >= 15 is 0 Å². The minimum Gasteiger partial charge on any atom is -0.447 e. The Balaban J connectivity index is 1.52. The van der Waals surface area contributed by atoms with Gasteiger partial charge in [0.15, 0.2) is 0 Å². The molecule has 0 spiro atoms. The predicted molar refractivity (Wildman–Crippen MR) is 111 cm³/mol. The number of amides is 2. The van der Waals surface area contributed by atoms with Crippen molar-refractivity contribution in [1.29, 1.82) is 0 Å². The summed E-state index contributed by atoms with van der Waals surface area (Å²) in [7, 11) is 0. The molecule has 7 nitrogen and oxygen atoms in total. The summed E-state index contributed by atoms with van der Waals surface area (Å²) in [6, 6.07) is 9.32. The van der Waals surface area contributed by atoms with Gasteiger partial charge in [-0.1, -0.05) is 18.2 Å². The van der Waals surface area contributed by atoms with Gasteiger partial charge in [0.1, 0.15) is 6.61 Å². The SMILES string of the molecule is Cc1cc(C)c(/C=C2\C(=O)N(C(=O)OCCN3CCOCC3)c3ccccc32)[nH]1. The molecule has 0 saturated carbocycles. The highest BCUT2D eigenvalue weighted by molar-refractivity contribution is 6.41. The monoisotopic (exact) mass is 395 g/mol. The second-order valence-corrected chi connectivity index (χ2v) is 7.33. The fourth-order valence-corrected chi connectivity index (χ4v) is 3.76. The number of para-hydroxylation sites is 1. The molecule has 1 aromatic heterocycles. The lowest BCUT2D eigenvalue weighted by atomic mass is 10.1. The summed E-state index contributed by atoms with van der Waals surface area (Å²) < 4.78 is 10.8. The molecule has 3 heterocycles. The predicted octanol–water partition coefficient (Wildman–Crippen LogP) is 2.99. The number of benzene rings is 1. The minimum atomic E-state index is -0.640. The van der Waals surface area contributed by atoms with Crippen LogP contribution < -0.4 is 4.90 Å². The van der Waals surface area contributed by atoms with Gasteiger partial charge in [-0.2, -0.15) is 0 Å². The Morgan fingerprint density at radius 1 is 1.24 bits per heavy atom. The van der Waals surface area contributed by atoms with Crippen LogP contribution in [0.2, 0.25) is 0 Å². The second kappa shape index (κ2) is 8.23. The number of aromatic nitrogens is 1. The average Bonchev–Trinajstić information content (AvgIpc) is 3.18. The first kappa shape index (κ1) is 19.4. The van der Waals surface area contributed by atoms with Crippen molar-refractivity contribution in [1.82, 2.24) is 9.88 Å². The largest absolute Gasteiger partial charge is 0.447 e. The Bertz CT molecular complexity index is 957. The van der Waals surface area contributed by atoms with E-state index < -0.39 is 6.09 Å². The van der Waals surface area contributed by atoms with Crippen LogP contribution in [0.5, 0.6) is 0 Å². The zero-order valence-corrected chi connectivity index (χ0v) is 16.7. The van der Waals surface area contributed by atoms with Gasteiger partial charge in [-0.15, -0.1) is 0 Å². The molecule has 1 N–H and O–H groups in total. The van der Waals surface area contributed by atoms with E-state index in [0.29, 0.717) is 31.0 Å². The van der Waals surface area contributed by atoms with Crippen molar-refractivity contribution in [2.75, 3.05) is 44.4 Å². The van der Waals surface area contributed by atoms with Crippen LogP contribution in [0.4, 0.5) is 10.5 Å². The summed E-state index contributed by atoms with van der Waals surface area (Å²) in [5.41, 5.74) is 4.70. The number of hydrogen-bond acceptors (Lipinski definition) is 5. The number of rotatable bonds is 4. The van der Waals surface area contributed by atoms with Gasteiger partial charge in [-0.05, 0) is 37.6 Å². The first-order valence-corrected chi connectivity index (χ1v) is 9.83. The van der Waals surface area contributed by atoms with E-state index in [2.05, 4.69) is 9.88 Å². The minimum absolute atomic E-state index is 0.235. The number of aryl methyl sites for hydroxylation is 2. The molecule has 7 heteroatoms. The zero-order valence-electron chi connectivity index (χ0n) is 16.7. The van der Waals surface area contributed by atoms with Crippen molar-refractivity contribution < 1.29 is 19.1 Å². The molecule has 2 amide bonds. The number of fused-ring (bicyclic) bond motifs is 1. The summed E-state index contributed by atoms with van der Waals surface area (Å²) in [6.45, 7) is 7.85.